The highest BCUT2D eigenvalue weighted by molar-refractivity contribution is 6.08. The van der Waals surface area contributed by atoms with E-state index in [4.69, 9.17) is 9.47 Å². The number of fused-ring (bicyclic) bond motifs is 3. The summed E-state index contributed by atoms with van der Waals surface area (Å²) < 4.78 is 14.0. The number of hydrogen-bond acceptors (Lipinski definition) is 5. The zero-order valence-electron chi connectivity index (χ0n) is 33.0. The van der Waals surface area contributed by atoms with Crippen LogP contribution in [0.3, 0.4) is 0 Å². The van der Waals surface area contributed by atoms with Gasteiger partial charge in [-0.15, -0.1) is 0 Å². The van der Waals surface area contributed by atoms with Gasteiger partial charge in [-0.1, -0.05) is 54.6 Å². The second kappa shape index (κ2) is 15.0. The molecule has 9 heteroatoms. The number of nitrogens with zero attached hydrogens (tertiary/aromatic N) is 4. The molecule has 0 radical (unpaired) electrons. The van der Waals surface area contributed by atoms with Crippen LogP contribution in [0.2, 0.25) is 0 Å². The number of benzene rings is 4. The summed E-state index contributed by atoms with van der Waals surface area (Å²) in [5.74, 6) is 0.574. The summed E-state index contributed by atoms with van der Waals surface area (Å²) in [5, 5.41) is 0. The largest absolute Gasteiger partial charge is 0.489 e. The molecular weight excluding hydrogens is 701 g/mol. The molecule has 0 aliphatic carbocycles. The van der Waals surface area contributed by atoms with Crippen LogP contribution in [-0.2, 0) is 50.4 Å². The highest BCUT2D eigenvalue weighted by atomic mass is 16.6. The molecule has 288 valence electrons. The van der Waals surface area contributed by atoms with E-state index >= 15 is 0 Å². The molecule has 4 heterocycles. The summed E-state index contributed by atoms with van der Waals surface area (Å²) >= 11 is 0. The SMILES string of the molecule is C[C@@H]1Cc2ccccc2CN1C(=O)c1cc2c(cc1-c1cc(C(=O)N(C)c3ccc(OCc4ccccc4)cc3)c3n1CCCC3)CN(C(=O)OC(C)(C)C)C2. The topological polar surface area (TPSA) is 84.3 Å². The third-order valence-corrected chi connectivity index (χ3v) is 11.2. The van der Waals surface area contributed by atoms with Gasteiger partial charge in [0.15, 0.2) is 0 Å². The van der Waals surface area contributed by atoms with Crippen LogP contribution in [0.1, 0.15) is 94.8 Å². The lowest BCUT2D eigenvalue weighted by Gasteiger charge is -2.35. The first-order valence-corrected chi connectivity index (χ1v) is 19.7. The minimum Gasteiger partial charge on any atom is -0.489 e. The molecule has 0 bridgehead atoms. The molecule has 0 saturated carbocycles. The van der Waals surface area contributed by atoms with Crippen LogP contribution >= 0.6 is 0 Å². The van der Waals surface area contributed by atoms with E-state index < -0.39 is 5.60 Å². The monoisotopic (exact) mass is 750 g/mol. The van der Waals surface area contributed by atoms with E-state index in [0.717, 1.165) is 82.9 Å². The number of ether oxygens (including phenoxy) is 2. The maximum absolute atomic E-state index is 14.9. The number of hydrogen-bond donors (Lipinski definition) is 0. The summed E-state index contributed by atoms with van der Waals surface area (Å²) in [4.78, 5) is 48.0. The lowest BCUT2D eigenvalue weighted by Crippen LogP contribution is -2.42. The van der Waals surface area contributed by atoms with Crippen LogP contribution in [0, 0.1) is 0 Å². The van der Waals surface area contributed by atoms with Crippen molar-refractivity contribution in [2.45, 2.75) is 97.8 Å². The van der Waals surface area contributed by atoms with Gasteiger partial charge in [0.2, 0.25) is 0 Å². The van der Waals surface area contributed by atoms with Gasteiger partial charge in [-0.25, -0.2) is 4.79 Å². The smallest absolute Gasteiger partial charge is 0.410 e. The average molecular weight is 751 g/mol. The maximum Gasteiger partial charge on any atom is 0.410 e. The third kappa shape index (κ3) is 7.42. The van der Waals surface area contributed by atoms with Gasteiger partial charge >= 0.3 is 6.09 Å². The molecule has 0 N–H and O–H groups in total. The lowest BCUT2D eigenvalue weighted by atomic mass is 9.92. The molecule has 0 fully saturated rings. The zero-order valence-corrected chi connectivity index (χ0v) is 33.0. The highest BCUT2D eigenvalue weighted by Gasteiger charge is 2.35. The van der Waals surface area contributed by atoms with Gasteiger partial charge in [-0.05, 0) is 124 Å². The van der Waals surface area contributed by atoms with Crippen molar-refractivity contribution < 1.29 is 23.9 Å². The first kappa shape index (κ1) is 37.1. The molecular formula is C47H50N4O5. The van der Waals surface area contributed by atoms with Crippen molar-refractivity contribution in [1.29, 1.82) is 0 Å². The Balaban J connectivity index is 1.14. The predicted molar refractivity (Wildman–Crippen MR) is 218 cm³/mol. The van der Waals surface area contributed by atoms with Crippen LogP contribution in [0.4, 0.5) is 10.5 Å². The molecule has 3 amide bonds. The van der Waals surface area contributed by atoms with Gasteiger partial charge in [0.25, 0.3) is 11.8 Å². The van der Waals surface area contributed by atoms with Crippen molar-refractivity contribution >= 4 is 23.6 Å². The van der Waals surface area contributed by atoms with E-state index in [-0.39, 0.29) is 23.9 Å². The van der Waals surface area contributed by atoms with E-state index in [1.54, 1.807) is 16.8 Å². The minimum absolute atomic E-state index is 0.00101. The quantitative estimate of drug-likeness (QED) is 0.166. The summed E-state index contributed by atoms with van der Waals surface area (Å²) in [5.41, 5.74) is 9.42. The molecule has 0 unspecified atom stereocenters. The van der Waals surface area contributed by atoms with Crippen molar-refractivity contribution in [3.05, 3.63) is 142 Å². The molecule has 4 aromatic carbocycles. The molecule has 0 saturated heterocycles. The fourth-order valence-corrected chi connectivity index (χ4v) is 8.29. The molecule has 3 aliphatic heterocycles. The van der Waals surface area contributed by atoms with Crippen LogP contribution in [0.15, 0.2) is 97.1 Å². The Morgan fingerprint density at radius 3 is 2.21 bits per heavy atom. The number of rotatable bonds is 7. The van der Waals surface area contributed by atoms with Crippen molar-refractivity contribution in [2.24, 2.45) is 0 Å². The average Bonchev–Trinajstić information content (AvgIpc) is 3.80. The number of anilines is 1. The van der Waals surface area contributed by atoms with Gasteiger partial charge in [0.05, 0.1) is 5.56 Å². The summed E-state index contributed by atoms with van der Waals surface area (Å²) in [6.45, 7) is 10.2. The summed E-state index contributed by atoms with van der Waals surface area (Å²) in [6, 6.07) is 32.0. The Morgan fingerprint density at radius 1 is 0.786 bits per heavy atom. The Hall–Kier alpha value is -5.83. The van der Waals surface area contributed by atoms with Gasteiger partial charge in [-0.3, -0.25) is 14.5 Å². The van der Waals surface area contributed by atoms with Crippen molar-refractivity contribution in [3.63, 3.8) is 0 Å². The molecule has 9 nitrogen and oxygen atoms in total. The number of carbonyl (C=O) groups excluding carboxylic acids is 3. The zero-order chi connectivity index (χ0) is 39.1. The molecule has 3 aliphatic rings. The van der Waals surface area contributed by atoms with E-state index in [9.17, 15) is 14.4 Å². The van der Waals surface area contributed by atoms with Gasteiger partial charge in [-0.2, -0.15) is 0 Å². The van der Waals surface area contributed by atoms with Crippen LogP contribution in [0.25, 0.3) is 11.3 Å². The van der Waals surface area contributed by atoms with Gasteiger partial charge in [0.1, 0.15) is 18.0 Å². The Morgan fingerprint density at radius 2 is 1.48 bits per heavy atom. The van der Waals surface area contributed by atoms with Crippen LogP contribution in [-0.4, -0.2) is 51.0 Å². The Kier molecular flexibility index (Phi) is 9.95. The van der Waals surface area contributed by atoms with Crippen molar-refractivity contribution in [2.75, 3.05) is 11.9 Å². The van der Waals surface area contributed by atoms with Crippen molar-refractivity contribution in [1.82, 2.24) is 14.4 Å². The van der Waals surface area contributed by atoms with E-state index in [0.29, 0.717) is 37.4 Å². The predicted octanol–water partition coefficient (Wildman–Crippen LogP) is 9.18. The second-order valence-corrected chi connectivity index (χ2v) is 16.4. The fourth-order valence-electron chi connectivity index (χ4n) is 8.29. The normalized spacial score (nSPS) is 16.1. The van der Waals surface area contributed by atoms with E-state index in [1.165, 1.54) is 5.56 Å². The summed E-state index contributed by atoms with van der Waals surface area (Å²) in [7, 11) is 1.81. The number of carbonyl (C=O) groups is 3. The molecule has 1 atom stereocenters. The fraction of sp³-hybridized carbons (Fsp3) is 0.340. The van der Waals surface area contributed by atoms with E-state index in [2.05, 4.69) is 35.8 Å². The first-order chi connectivity index (χ1) is 26.9. The molecule has 1 aromatic heterocycles. The van der Waals surface area contributed by atoms with Crippen LogP contribution < -0.4 is 9.64 Å². The third-order valence-electron chi connectivity index (χ3n) is 11.2. The minimum atomic E-state index is -0.627. The first-order valence-electron chi connectivity index (χ1n) is 19.7. The summed E-state index contributed by atoms with van der Waals surface area (Å²) in [6.07, 6.45) is 3.12. The molecule has 56 heavy (non-hydrogen) atoms. The Labute approximate surface area is 329 Å². The number of amides is 3. The molecule has 8 rings (SSSR count). The second-order valence-electron chi connectivity index (χ2n) is 16.4. The maximum atomic E-state index is 14.9. The Bertz CT molecular complexity index is 2290. The van der Waals surface area contributed by atoms with Crippen LogP contribution in [0.5, 0.6) is 5.75 Å². The molecule has 5 aromatic rings. The lowest BCUT2D eigenvalue weighted by molar-refractivity contribution is 0.0241. The highest BCUT2D eigenvalue weighted by Crippen LogP contribution is 2.39. The molecule has 0 spiro atoms. The van der Waals surface area contributed by atoms with Gasteiger partial charge in [0, 0.05) is 67.5 Å². The van der Waals surface area contributed by atoms with Gasteiger partial charge < -0.3 is 23.8 Å². The van der Waals surface area contributed by atoms with Crippen molar-refractivity contribution in [3.8, 4) is 17.0 Å². The van der Waals surface area contributed by atoms with E-state index in [1.807, 2.05) is 98.5 Å². The number of aromatic nitrogens is 1. The standard InChI is InChI=1S/C47H50N4O5/c1-31-23-33-15-9-10-16-34(33)29-51(31)45(53)40-25-36-28-49(46(54)56-47(2,3)4)27-35(36)24-39(40)43-26-41(42-17-11-12-22-50(42)43)44(52)48(5)37-18-20-38(21-19-37)55-30-32-13-7-6-8-14-32/h6-10,13-16,18-21,24-26,31H,11-12,17,22-23,27-30H2,1-5H3/t31-/m1/s1.